The van der Waals surface area contributed by atoms with Crippen molar-refractivity contribution in [3.05, 3.63) is 80.8 Å². The predicted molar refractivity (Wildman–Crippen MR) is 130 cm³/mol. The van der Waals surface area contributed by atoms with E-state index in [1.54, 1.807) is 36.4 Å². The molecule has 5 nitrogen and oxygen atoms in total. The van der Waals surface area contributed by atoms with E-state index < -0.39 is 0 Å². The molecule has 0 aliphatic carbocycles. The number of fused-ring (bicyclic) bond motifs is 1. The zero-order valence-electron chi connectivity index (χ0n) is 17.1. The first-order valence-electron chi connectivity index (χ1n) is 9.53. The van der Waals surface area contributed by atoms with Gasteiger partial charge >= 0.3 is 0 Å². The zero-order chi connectivity index (χ0) is 22.8. The maximum atomic E-state index is 12.5. The number of amides is 1. The van der Waals surface area contributed by atoms with Gasteiger partial charge in [0.05, 0.1) is 22.7 Å². The van der Waals surface area contributed by atoms with Crippen LogP contribution in [0.15, 0.2) is 59.0 Å². The minimum atomic E-state index is -0.357. The van der Waals surface area contributed by atoms with Crippen LogP contribution in [-0.4, -0.2) is 18.0 Å². The molecule has 8 heteroatoms. The van der Waals surface area contributed by atoms with Crippen molar-refractivity contribution in [1.82, 2.24) is 4.98 Å². The standard InChI is InChI=1S/C24H17Cl3N2O3/c1-13-3-7-20-21(9-13)32-24(29-20)17-12-16(5-6-18(17)26)28-22(30)8-4-14-10-15(25)11-19(27)23(14)31-2/h3-12H,1-2H3,(H,28,30)/b8-4+. The Morgan fingerprint density at radius 1 is 1.06 bits per heavy atom. The van der Waals surface area contributed by atoms with Crippen LogP contribution < -0.4 is 10.1 Å². The number of carbonyl (C=O) groups is 1. The summed E-state index contributed by atoms with van der Waals surface area (Å²) < 4.78 is 11.2. The number of aromatic nitrogens is 1. The summed E-state index contributed by atoms with van der Waals surface area (Å²) in [6.45, 7) is 1.98. The van der Waals surface area contributed by atoms with Crippen LogP contribution in [0.4, 0.5) is 5.69 Å². The van der Waals surface area contributed by atoms with Gasteiger partial charge in [-0.05, 0) is 61.0 Å². The van der Waals surface area contributed by atoms with E-state index in [4.69, 9.17) is 44.0 Å². The van der Waals surface area contributed by atoms with Gasteiger partial charge in [-0.1, -0.05) is 40.9 Å². The summed E-state index contributed by atoms with van der Waals surface area (Å²) in [4.78, 5) is 17.0. The number of anilines is 1. The lowest BCUT2D eigenvalue weighted by Gasteiger charge is -2.08. The molecule has 0 bridgehead atoms. The number of methoxy groups -OCH3 is 1. The maximum Gasteiger partial charge on any atom is 0.248 e. The van der Waals surface area contributed by atoms with Crippen LogP contribution in [0.2, 0.25) is 15.1 Å². The van der Waals surface area contributed by atoms with Crippen molar-refractivity contribution in [2.24, 2.45) is 0 Å². The number of halogens is 3. The average Bonchev–Trinajstić information content (AvgIpc) is 3.16. The number of hydrogen-bond donors (Lipinski definition) is 1. The molecule has 1 amide bonds. The summed E-state index contributed by atoms with van der Waals surface area (Å²) in [6, 6.07) is 14.1. The molecule has 1 heterocycles. The van der Waals surface area contributed by atoms with Crippen molar-refractivity contribution >= 4 is 63.6 Å². The van der Waals surface area contributed by atoms with Gasteiger partial charge in [-0.15, -0.1) is 0 Å². The van der Waals surface area contributed by atoms with Crippen LogP contribution in [0, 0.1) is 6.92 Å². The molecule has 0 atom stereocenters. The monoisotopic (exact) mass is 486 g/mol. The minimum Gasteiger partial charge on any atom is -0.495 e. The van der Waals surface area contributed by atoms with Crippen molar-refractivity contribution in [2.75, 3.05) is 12.4 Å². The van der Waals surface area contributed by atoms with Gasteiger partial charge in [0.2, 0.25) is 11.8 Å². The highest BCUT2D eigenvalue weighted by Crippen LogP contribution is 2.34. The normalized spacial score (nSPS) is 11.3. The number of nitrogens with one attached hydrogen (secondary N) is 1. The number of carbonyl (C=O) groups excluding carboxylic acids is 1. The third-order valence-electron chi connectivity index (χ3n) is 4.66. The molecule has 0 saturated carbocycles. The topological polar surface area (TPSA) is 64.4 Å². The Hall–Kier alpha value is -2.99. The van der Waals surface area contributed by atoms with Gasteiger partial charge in [0.15, 0.2) is 5.58 Å². The molecule has 1 aromatic heterocycles. The molecule has 0 radical (unpaired) electrons. The number of aryl methyl sites for hydroxylation is 1. The van der Waals surface area contributed by atoms with Gasteiger partial charge in [0.1, 0.15) is 11.3 Å². The van der Waals surface area contributed by atoms with Gasteiger partial charge in [-0.3, -0.25) is 4.79 Å². The number of hydrogen-bond acceptors (Lipinski definition) is 4. The minimum absolute atomic E-state index is 0.357. The zero-order valence-corrected chi connectivity index (χ0v) is 19.3. The van der Waals surface area contributed by atoms with Crippen LogP contribution in [0.5, 0.6) is 5.75 Å². The largest absolute Gasteiger partial charge is 0.495 e. The predicted octanol–water partition coefficient (Wildman–Crippen LogP) is 7.42. The lowest BCUT2D eigenvalue weighted by Crippen LogP contribution is -2.07. The quantitative estimate of drug-likeness (QED) is 0.297. The molecule has 0 aliphatic rings. The van der Waals surface area contributed by atoms with Crippen LogP contribution in [-0.2, 0) is 4.79 Å². The first-order chi connectivity index (χ1) is 15.3. The molecule has 1 N–H and O–H groups in total. The van der Waals surface area contributed by atoms with Crippen molar-refractivity contribution < 1.29 is 13.9 Å². The Morgan fingerprint density at radius 3 is 2.66 bits per heavy atom. The fourth-order valence-electron chi connectivity index (χ4n) is 3.18. The second-order valence-corrected chi connectivity index (χ2v) is 8.27. The second-order valence-electron chi connectivity index (χ2n) is 7.02. The molecule has 4 rings (SSSR count). The number of benzene rings is 3. The molecule has 0 fully saturated rings. The van der Waals surface area contributed by atoms with E-state index in [0.717, 1.165) is 11.1 Å². The first-order valence-corrected chi connectivity index (χ1v) is 10.7. The summed E-state index contributed by atoms with van der Waals surface area (Å²) in [5.74, 6) is 0.449. The maximum absolute atomic E-state index is 12.5. The van der Waals surface area contributed by atoms with Crippen LogP contribution in [0.1, 0.15) is 11.1 Å². The second kappa shape index (κ2) is 9.25. The molecule has 0 unspecified atom stereocenters. The molecule has 162 valence electrons. The molecule has 0 saturated heterocycles. The van der Waals surface area contributed by atoms with Crippen molar-refractivity contribution in [2.45, 2.75) is 6.92 Å². The van der Waals surface area contributed by atoms with Crippen LogP contribution in [0.25, 0.3) is 28.6 Å². The van der Waals surface area contributed by atoms with Crippen molar-refractivity contribution in [1.29, 1.82) is 0 Å². The van der Waals surface area contributed by atoms with Gasteiger partial charge in [-0.2, -0.15) is 0 Å². The van der Waals surface area contributed by atoms with Gasteiger partial charge in [0, 0.05) is 22.3 Å². The van der Waals surface area contributed by atoms with Gasteiger partial charge in [-0.25, -0.2) is 4.98 Å². The Balaban J connectivity index is 1.57. The highest BCUT2D eigenvalue weighted by Gasteiger charge is 2.14. The van der Waals surface area contributed by atoms with E-state index in [-0.39, 0.29) is 5.91 Å². The SMILES string of the molecule is COc1c(Cl)cc(Cl)cc1/C=C/C(=O)Nc1ccc(Cl)c(-c2nc3ccc(C)cc3o2)c1. The molecular weight excluding hydrogens is 471 g/mol. The van der Waals surface area contributed by atoms with E-state index in [1.165, 1.54) is 13.2 Å². The Morgan fingerprint density at radius 2 is 1.88 bits per heavy atom. The van der Waals surface area contributed by atoms with Crippen LogP contribution >= 0.6 is 34.8 Å². The highest BCUT2D eigenvalue weighted by atomic mass is 35.5. The van der Waals surface area contributed by atoms with E-state index in [2.05, 4.69) is 10.3 Å². The number of oxazole rings is 1. The highest BCUT2D eigenvalue weighted by molar-refractivity contribution is 6.36. The first kappa shape index (κ1) is 22.2. The lowest BCUT2D eigenvalue weighted by atomic mass is 10.1. The van der Waals surface area contributed by atoms with E-state index in [9.17, 15) is 4.79 Å². The summed E-state index contributed by atoms with van der Waals surface area (Å²) >= 11 is 18.6. The van der Waals surface area contributed by atoms with Crippen LogP contribution in [0.3, 0.4) is 0 Å². The fraction of sp³-hybridized carbons (Fsp3) is 0.0833. The number of rotatable bonds is 5. The van der Waals surface area contributed by atoms with Crippen molar-refractivity contribution in [3.8, 4) is 17.2 Å². The van der Waals surface area contributed by atoms with Gasteiger partial charge in [0.25, 0.3) is 0 Å². The summed E-state index contributed by atoms with van der Waals surface area (Å²) in [6.07, 6.45) is 2.94. The molecular formula is C24H17Cl3N2O3. The molecule has 32 heavy (non-hydrogen) atoms. The Bertz CT molecular complexity index is 1360. The fourth-order valence-corrected chi connectivity index (χ4v) is 3.97. The third kappa shape index (κ3) is 4.75. The Labute approximate surface area is 199 Å². The number of nitrogens with zero attached hydrogens (tertiary/aromatic N) is 1. The molecule has 4 aromatic rings. The summed E-state index contributed by atoms with van der Waals surface area (Å²) in [7, 11) is 1.50. The Kier molecular flexibility index (Phi) is 6.42. The molecule has 3 aromatic carbocycles. The smallest absolute Gasteiger partial charge is 0.248 e. The molecule has 0 aliphatic heterocycles. The summed E-state index contributed by atoms with van der Waals surface area (Å²) in [5, 5.41) is 4.05. The lowest BCUT2D eigenvalue weighted by molar-refractivity contribution is -0.111. The van der Waals surface area contributed by atoms with E-state index in [1.807, 2.05) is 25.1 Å². The number of ether oxygens (including phenoxy) is 1. The van der Waals surface area contributed by atoms with Gasteiger partial charge < -0.3 is 14.5 Å². The molecule has 0 spiro atoms. The van der Waals surface area contributed by atoms with E-state index >= 15 is 0 Å². The summed E-state index contributed by atoms with van der Waals surface area (Å²) in [5.41, 5.74) is 4.16. The third-order valence-corrected chi connectivity index (χ3v) is 5.49. The van der Waals surface area contributed by atoms with Crippen molar-refractivity contribution in [3.63, 3.8) is 0 Å². The average molecular weight is 488 g/mol. The van der Waals surface area contributed by atoms with E-state index in [0.29, 0.717) is 49.1 Å².